The number of halogens is 2. The van der Waals surface area contributed by atoms with Crippen LogP contribution >= 0.6 is 11.6 Å². The maximum Gasteiger partial charge on any atom is 0.254 e. The molecule has 0 heterocycles. The largest absolute Gasteiger partial charge is 0.495 e. The Morgan fingerprint density at radius 1 is 1.22 bits per heavy atom. The number of benzene rings is 2. The van der Waals surface area contributed by atoms with Gasteiger partial charge in [0.2, 0.25) is 0 Å². The van der Waals surface area contributed by atoms with E-state index in [1.807, 2.05) is 0 Å². The highest BCUT2D eigenvalue weighted by atomic mass is 35.5. The van der Waals surface area contributed by atoms with Gasteiger partial charge >= 0.3 is 0 Å². The lowest BCUT2D eigenvalue weighted by molar-refractivity contribution is 0.0947. The first-order chi connectivity index (χ1) is 10.9. The molecule has 0 aliphatic rings. The van der Waals surface area contributed by atoms with E-state index in [0.717, 1.165) is 11.6 Å². The number of hydrogen-bond acceptors (Lipinski definition) is 3. The van der Waals surface area contributed by atoms with Crippen LogP contribution in [0.25, 0.3) is 0 Å². The van der Waals surface area contributed by atoms with Gasteiger partial charge < -0.3 is 10.1 Å². The predicted molar refractivity (Wildman–Crippen MR) is 85.6 cm³/mol. The molecule has 0 saturated heterocycles. The molecule has 2 rings (SSSR count). The molecule has 2 aromatic carbocycles. The first kappa shape index (κ1) is 17.0. The van der Waals surface area contributed by atoms with Gasteiger partial charge in [0.05, 0.1) is 17.7 Å². The summed E-state index contributed by atoms with van der Waals surface area (Å²) < 4.78 is 18.9. The van der Waals surface area contributed by atoms with Crippen molar-refractivity contribution in [2.24, 2.45) is 0 Å². The highest BCUT2D eigenvalue weighted by Gasteiger charge is 2.14. The molecule has 6 heteroatoms. The summed E-state index contributed by atoms with van der Waals surface area (Å²) in [5.41, 5.74) is 0.867. The molecule has 0 saturated carbocycles. The van der Waals surface area contributed by atoms with E-state index in [0.29, 0.717) is 10.8 Å². The number of hydrogen-bond donors (Lipinski definition) is 1. The second-order valence-electron chi connectivity index (χ2n) is 4.90. The van der Waals surface area contributed by atoms with Gasteiger partial charge in [0.1, 0.15) is 11.6 Å². The highest BCUT2D eigenvalue weighted by molar-refractivity contribution is 6.32. The maximum atomic E-state index is 13.8. The second kappa shape index (κ2) is 7.24. The van der Waals surface area contributed by atoms with Crippen LogP contribution in [0, 0.1) is 5.82 Å². The van der Waals surface area contributed by atoms with E-state index in [1.54, 1.807) is 18.2 Å². The normalized spacial score (nSPS) is 10.3. The Hall–Kier alpha value is -2.40. The van der Waals surface area contributed by atoms with E-state index in [1.165, 1.54) is 26.2 Å². The molecule has 0 bridgehead atoms. The van der Waals surface area contributed by atoms with E-state index in [2.05, 4.69) is 5.32 Å². The summed E-state index contributed by atoms with van der Waals surface area (Å²) in [5, 5.41) is 3.07. The molecule has 2 aromatic rings. The number of rotatable bonds is 5. The minimum atomic E-state index is -0.679. The SMILES string of the molecule is COc1cc(CNC(=O)c2cc(C(C)=O)ccc2F)ccc1Cl. The molecule has 1 N–H and O–H groups in total. The van der Waals surface area contributed by atoms with Crippen LogP contribution in [-0.2, 0) is 6.54 Å². The summed E-state index contributed by atoms with van der Waals surface area (Å²) in [6.07, 6.45) is 0. The molecule has 0 atom stereocenters. The summed E-state index contributed by atoms with van der Waals surface area (Å²) in [6.45, 7) is 1.53. The Morgan fingerprint density at radius 3 is 2.61 bits per heavy atom. The Morgan fingerprint density at radius 2 is 1.96 bits per heavy atom. The fraction of sp³-hybridized carbons (Fsp3) is 0.176. The predicted octanol–water partition coefficient (Wildman–Crippen LogP) is 3.62. The van der Waals surface area contributed by atoms with Crippen molar-refractivity contribution in [1.29, 1.82) is 0 Å². The Labute approximate surface area is 138 Å². The minimum Gasteiger partial charge on any atom is -0.495 e. The van der Waals surface area contributed by atoms with Crippen molar-refractivity contribution in [1.82, 2.24) is 5.32 Å². The third-order valence-electron chi connectivity index (χ3n) is 3.29. The van der Waals surface area contributed by atoms with Gasteiger partial charge in [0.15, 0.2) is 5.78 Å². The zero-order chi connectivity index (χ0) is 17.0. The van der Waals surface area contributed by atoms with Gasteiger partial charge in [-0.2, -0.15) is 0 Å². The molecule has 0 aliphatic heterocycles. The molecule has 0 radical (unpaired) electrons. The van der Waals surface area contributed by atoms with Crippen molar-refractivity contribution >= 4 is 23.3 Å². The molecule has 120 valence electrons. The molecule has 0 unspecified atom stereocenters. The minimum absolute atomic E-state index is 0.168. The highest BCUT2D eigenvalue weighted by Crippen LogP contribution is 2.25. The number of Topliss-reactive ketones (excluding diaryl/α,β-unsaturated/α-hetero) is 1. The number of amides is 1. The molecular formula is C17H15ClFNO3. The number of ether oxygens (including phenoxy) is 1. The van der Waals surface area contributed by atoms with Crippen molar-refractivity contribution in [2.45, 2.75) is 13.5 Å². The van der Waals surface area contributed by atoms with E-state index in [4.69, 9.17) is 16.3 Å². The average molecular weight is 336 g/mol. The zero-order valence-corrected chi connectivity index (χ0v) is 13.4. The van der Waals surface area contributed by atoms with Crippen molar-refractivity contribution in [3.05, 3.63) is 63.9 Å². The third kappa shape index (κ3) is 4.07. The topological polar surface area (TPSA) is 55.4 Å². The zero-order valence-electron chi connectivity index (χ0n) is 12.7. The van der Waals surface area contributed by atoms with Crippen LogP contribution in [0.15, 0.2) is 36.4 Å². The molecule has 1 amide bonds. The Balaban J connectivity index is 2.14. The van der Waals surface area contributed by atoms with Gasteiger partial charge in [-0.25, -0.2) is 4.39 Å². The van der Waals surface area contributed by atoms with Crippen LogP contribution in [0.1, 0.15) is 33.2 Å². The van der Waals surface area contributed by atoms with Crippen molar-refractivity contribution < 1.29 is 18.7 Å². The van der Waals surface area contributed by atoms with Gasteiger partial charge in [0, 0.05) is 12.1 Å². The Kier molecular flexibility index (Phi) is 5.34. The van der Waals surface area contributed by atoms with Crippen LogP contribution < -0.4 is 10.1 Å². The maximum absolute atomic E-state index is 13.8. The van der Waals surface area contributed by atoms with Gasteiger partial charge in [-0.3, -0.25) is 9.59 Å². The summed E-state index contributed by atoms with van der Waals surface area (Å²) in [5.74, 6) is -1.02. The van der Waals surface area contributed by atoms with Gasteiger partial charge in [-0.05, 0) is 42.8 Å². The molecule has 0 fully saturated rings. The first-order valence-corrected chi connectivity index (χ1v) is 7.21. The Bertz CT molecular complexity index is 761. The third-order valence-corrected chi connectivity index (χ3v) is 3.60. The van der Waals surface area contributed by atoms with Crippen LogP contribution in [0.2, 0.25) is 5.02 Å². The van der Waals surface area contributed by atoms with Crippen molar-refractivity contribution in [3.63, 3.8) is 0 Å². The number of nitrogens with one attached hydrogen (secondary N) is 1. The molecule has 0 aromatic heterocycles. The number of methoxy groups -OCH3 is 1. The van der Waals surface area contributed by atoms with Gasteiger partial charge in [-0.15, -0.1) is 0 Å². The van der Waals surface area contributed by atoms with Crippen LogP contribution in [0.4, 0.5) is 4.39 Å². The first-order valence-electron chi connectivity index (χ1n) is 6.83. The van der Waals surface area contributed by atoms with Gasteiger partial charge in [0.25, 0.3) is 5.91 Å². The monoisotopic (exact) mass is 335 g/mol. The summed E-state index contributed by atoms with van der Waals surface area (Å²) in [4.78, 5) is 23.4. The van der Waals surface area contributed by atoms with E-state index in [-0.39, 0.29) is 23.5 Å². The summed E-state index contributed by atoms with van der Waals surface area (Å²) in [7, 11) is 1.49. The van der Waals surface area contributed by atoms with E-state index < -0.39 is 11.7 Å². The number of ketones is 1. The molecule has 0 spiro atoms. The number of carbonyl (C=O) groups excluding carboxylic acids is 2. The van der Waals surface area contributed by atoms with E-state index in [9.17, 15) is 14.0 Å². The number of carbonyl (C=O) groups is 2. The quantitative estimate of drug-likeness (QED) is 0.849. The lowest BCUT2D eigenvalue weighted by Crippen LogP contribution is -2.24. The smallest absolute Gasteiger partial charge is 0.254 e. The van der Waals surface area contributed by atoms with Gasteiger partial charge in [-0.1, -0.05) is 17.7 Å². The van der Waals surface area contributed by atoms with Crippen LogP contribution in [0.3, 0.4) is 0 Å². The summed E-state index contributed by atoms with van der Waals surface area (Å²) >= 11 is 5.93. The second-order valence-corrected chi connectivity index (χ2v) is 5.31. The van der Waals surface area contributed by atoms with Crippen LogP contribution in [-0.4, -0.2) is 18.8 Å². The lowest BCUT2D eigenvalue weighted by Gasteiger charge is -2.09. The summed E-state index contributed by atoms with van der Waals surface area (Å²) in [6, 6.07) is 8.77. The fourth-order valence-corrected chi connectivity index (χ4v) is 2.20. The van der Waals surface area contributed by atoms with Crippen molar-refractivity contribution in [3.8, 4) is 5.75 Å². The fourth-order valence-electron chi connectivity index (χ4n) is 2.01. The molecule has 4 nitrogen and oxygen atoms in total. The molecule has 0 aliphatic carbocycles. The molecular weight excluding hydrogens is 321 g/mol. The lowest BCUT2D eigenvalue weighted by atomic mass is 10.1. The molecule has 23 heavy (non-hydrogen) atoms. The van der Waals surface area contributed by atoms with E-state index >= 15 is 0 Å². The standard InChI is InChI=1S/C17H15ClFNO3/c1-10(21)12-4-6-15(19)13(8-12)17(22)20-9-11-3-5-14(18)16(7-11)23-2/h3-8H,9H2,1-2H3,(H,20,22). The van der Waals surface area contributed by atoms with Crippen LogP contribution in [0.5, 0.6) is 5.75 Å². The average Bonchev–Trinajstić information content (AvgIpc) is 2.53. The van der Waals surface area contributed by atoms with Crippen molar-refractivity contribution in [2.75, 3.05) is 7.11 Å².